The van der Waals surface area contributed by atoms with E-state index in [1.54, 1.807) is 31.4 Å². The van der Waals surface area contributed by atoms with Crippen molar-refractivity contribution in [3.05, 3.63) is 51.7 Å². The van der Waals surface area contributed by atoms with Crippen molar-refractivity contribution in [2.24, 2.45) is 0 Å². The van der Waals surface area contributed by atoms with E-state index in [0.29, 0.717) is 39.8 Å². The van der Waals surface area contributed by atoms with Gasteiger partial charge < -0.3 is 25.0 Å². The van der Waals surface area contributed by atoms with Crippen LogP contribution < -0.4 is 14.8 Å². The summed E-state index contributed by atoms with van der Waals surface area (Å²) in [7, 11) is 3.04. The summed E-state index contributed by atoms with van der Waals surface area (Å²) in [6, 6.07) is 10.7. The molecular weight excluding hydrogens is 582 g/mol. The van der Waals surface area contributed by atoms with Crippen LogP contribution in [-0.4, -0.2) is 53.8 Å². The summed E-state index contributed by atoms with van der Waals surface area (Å²) in [5.41, 5.74) is 1.35. The number of carboxylic acid groups (broad SMARTS) is 2. The van der Waals surface area contributed by atoms with Crippen LogP contribution in [-0.2, 0) is 20.8 Å². The third-order valence-corrected chi connectivity index (χ3v) is 8.84. The van der Waals surface area contributed by atoms with Crippen LogP contribution in [0.3, 0.4) is 0 Å². The van der Waals surface area contributed by atoms with Gasteiger partial charge in [0.25, 0.3) is 0 Å². The molecule has 0 unspecified atom stereocenters. The quantitative estimate of drug-likeness (QED) is 0.133. The lowest BCUT2D eigenvalue weighted by molar-refractivity contribution is -0.137. The molecule has 2 aromatic heterocycles. The van der Waals surface area contributed by atoms with Gasteiger partial charge in [-0.2, -0.15) is 0 Å². The van der Waals surface area contributed by atoms with Crippen molar-refractivity contribution in [1.82, 2.24) is 0 Å². The van der Waals surface area contributed by atoms with Gasteiger partial charge in [-0.1, -0.05) is 0 Å². The number of aliphatic carboxylic acids is 2. The highest BCUT2D eigenvalue weighted by molar-refractivity contribution is 7.21. The number of thiophene rings is 2. The number of hydrogen-bond acceptors (Lipinski definition) is 9. The number of methoxy groups -OCH3 is 2. The molecule has 12 heteroatoms. The molecule has 10 nitrogen and oxygen atoms in total. The first kappa shape index (κ1) is 30.7. The molecule has 0 aliphatic heterocycles. The fourth-order valence-corrected chi connectivity index (χ4v) is 6.53. The van der Waals surface area contributed by atoms with E-state index in [-0.39, 0.29) is 49.6 Å². The van der Waals surface area contributed by atoms with Crippen molar-refractivity contribution >= 4 is 77.9 Å². The van der Waals surface area contributed by atoms with Crippen molar-refractivity contribution in [3.8, 4) is 11.5 Å². The average Bonchev–Trinajstić information content (AvgIpc) is 3.57. The van der Waals surface area contributed by atoms with Crippen molar-refractivity contribution in [2.75, 3.05) is 19.5 Å². The number of ketones is 2. The van der Waals surface area contributed by atoms with Crippen LogP contribution in [0.1, 0.15) is 63.4 Å². The Labute approximate surface area is 248 Å². The van der Waals surface area contributed by atoms with Gasteiger partial charge in [0.05, 0.1) is 42.5 Å². The van der Waals surface area contributed by atoms with Crippen molar-refractivity contribution in [1.29, 1.82) is 0 Å². The lowest BCUT2D eigenvalue weighted by Crippen LogP contribution is -2.12. The minimum Gasteiger partial charge on any atom is -0.496 e. The highest BCUT2D eigenvalue weighted by Gasteiger charge is 2.17. The summed E-state index contributed by atoms with van der Waals surface area (Å²) in [5.74, 6) is -1.64. The van der Waals surface area contributed by atoms with Gasteiger partial charge in [-0.05, 0) is 59.5 Å². The van der Waals surface area contributed by atoms with E-state index in [1.807, 2.05) is 12.1 Å². The van der Waals surface area contributed by atoms with Gasteiger partial charge in [0, 0.05) is 34.7 Å². The number of amides is 1. The minimum atomic E-state index is -1.03. The molecule has 0 atom stereocenters. The summed E-state index contributed by atoms with van der Waals surface area (Å²) in [6.45, 7) is 0. The lowest BCUT2D eigenvalue weighted by atomic mass is 10.0. The predicted molar refractivity (Wildman–Crippen MR) is 161 cm³/mol. The maximum absolute atomic E-state index is 12.8. The van der Waals surface area contributed by atoms with E-state index in [2.05, 4.69) is 5.32 Å². The molecule has 0 aliphatic carbocycles. The molecule has 0 spiro atoms. The van der Waals surface area contributed by atoms with Gasteiger partial charge in [0.2, 0.25) is 5.91 Å². The number of ether oxygens (including phenoxy) is 2. The zero-order chi connectivity index (χ0) is 30.4. The second kappa shape index (κ2) is 13.6. The molecule has 220 valence electrons. The Morgan fingerprint density at radius 1 is 0.690 bits per heavy atom. The number of carboxylic acids is 2. The van der Waals surface area contributed by atoms with Gasteiger partial charge in [0.1, 0.15) is 11.5 Å². The number of nitrogens with one attached hydrogen (secondary N) is 1. The number of benzene rings is 2. The molecule has 3 N–H and O–H groups in total. The van der Waals surface area contributed by atoms with Gasteiger partial charge in [-0.3, -0.25) is 24.0 Å². The van der Waals surface area contributed by atoms with Gasteiger partial charge in [-0.25, -0.2) is 0 Å². The van der Waals surface area contributed by atoms with Crippen molar-refractivity contribution < 1.29 is 43.7 Å². The largest absolute Gasteiger partial charge is 0.496 e. The molecule has 1 amide bonds. The fourth-order valence-electron chi connectivity index (χ4n) is 4.45. The van der Waals surface area contributed by atoms with E-state index in [0.717, 1.165) is 25.7 Å². The molecule has 2 aromatic carbocycles. The van der Waals surface area contributed by atoms with Crippen LogP contribution in [0, 0.1) is 0 Å². The molecule has 42 heavy (non-hydrogen) atoms. The number of Topliss-reactive ketones (excluding diaryl/α,β-unsaturated/α-hetero) is 2. The van der Waals surface area contributed by atoms with Crippen LogP contribution in [0.15, 0.2) is 36.4 Å². The van der Waals surface area contributed by atoms with Crippen LogP contribution in [0.5, 0.6) is 11.5 Å². The van der Waals surface area contributed by atoms with Gasteiger partial charge in [0.15, 0.2) is 11.6 Å². The van der Waals surface area contributed by atoms with Crippen molar-refractivity contribution in [2.45, 2.75) is 44.9 Å². The van der Waals surface area contributed by atoms with Gasteiger partial charge in [-0.15, -0.1) is 22.7 Å². The summed E-state index contributed by atoms with van der Waals surface area (Å²) in [5, 5.41) is 22.2. The predicted octanol–water partition coefficient (Wildman–Crippen LogP) is 6.19. The highest BCUT2D eigenvalue weighted by Crippen LogP contribution is 2.36. The molecule has 0 fully saturated rings. The molecule has 0 saturated heterocycles. The second-order valence-electron chi connectivity index (χ2n) is 9.55. The van der Waals surface area contributed by atoms with Crippen molar-refractivity contribution in [3.63, 3.8) is 0 Å². The van der Waals surface area contributed by atoms with Crippen LogP contribution in [0.4, 0.5) is 5.69 Å². The number of carbonyl (C=O) groups excluding carboxylic acids is 3. The number of aryl methyl sites for hydroxylation is 1. The Balaban J connectivity index is 1.41. The number of hydrogen-bond donors (Lipinski definition) is 3. The standard InChI is InChI=1S/C30H29NO9S2/c1-39-22-14-24-17(12-26(41-24)20(32)6-8-29(35)36)10-16(22)4-3-5-28(34)31-19-11-18-13-27(21(33)7-9-30(37)38)42-25(18)15-23(19)40-2/h10-15H,3-9H2,1-2H3,(H,31,34)(H,35,36)(H,37,38). The average molecular weight is 612 g/mol. The maximum Gasteiger partial charge on any atom is 0.303 e. The fraction of sp³-hybridized carbons (Fsp3) is 0.300. The van der Waals surface area contributed by atoms with E-state index in [4.69, 9.17) is 19.7 Å². The maximum atomic E-state index is 12.8. The molecule has 4 aromatic rings. The zero-order valence-corrected chi connectivity index (χ0v) is 24.6. The van der Waals surface area contributed by atoms with E-state index in [1.165, 1.54) is 29.8 Å². The molecule has 0 aliphatic rings. The summed E-state index contributed by atoms with van der Waals surface area (Å²) < 4.78 is 12.6. The first-order valence-electron chi connectivity index (χ1n) is 13.1. The Hall–Kier alpha value is -4.29. The summed E-state index contributed by atoms with van der Waals surface area (Å²) >= 11 is 2.54. The van der Waals surface area contributed by atoms with Crippen LogP contribution >= 0.6 is 22.7 Å². The Kier molecular flexibility index (Phi) is 9.92. The lowest BCUT2D eigenvalue weighted by Gasteiger charge is -2.11. The zero-order valence-electron chi connectivity index (χ0n) is 23.0. The normalized spacial score (nSPS) is 11.0. The molecule has 2 heterocycles. The van der Waals surface area contributed by atoms with E-state index < -0.39 is 11.9 Å². The van der Waals surface area contributed by atoms with E-state index >= 15 is 0 Å². The first-order chi connectivity index (χ1) is 20.1. The Bertz CT molecular complexity index is 1690. The molecule has 0 radical (unpaired) electrons. The number of anilines is 1. The van der Waals surface area contributed by atoms with Crippen LogP contribution in [0.25, 0.3) is 20.2 Å². The van der Waals surface area contributed by atoms with Crippen LogP contribution in [0.2, 0.25) is 0 Å². The monoisotopic (exact) mass is 611 g/mol. The number of fused-ring (bicyclic) bond motifs is 2. The Morgan fingerprint density at radius 3 is 1.74 bits per heavy atom. The SMILES string of the molecule is COc1cc2sc(C(=O)CCC(=O)O)cc2cc1CCCC(=O)Nc1cc2cc(C(=O)CCC(=O)O)sc2cc1OC. The third-order valence-electron chi connectivity index (χ3n) is 6.56. The summed E-state index contributed by atoms with van der Waals surface area (Å²) in [6.07, 6.45) is 0.691. The molecule has 4 rings (SSSR count). The smallest absolute Gasteiger partial charge is 0.303 e. The summed E-state index contributed by atoms with van der Waals surface area (Å²) in [4.78, 5) is 60.1. The van der Waals surface area contributed by atoms with E-state index in [9.17, 15) is 24.0 Å². The molecule has 0 bridgehead atoms. The van der Waals surface area contributed by atoms with Gasteiger partial charge >= 0.3 is 11.9 Å². The first-order valence-corrected chi connectivity index (χ1v) is 14.7. The number of carbonyl (C=O) groups is 5. The topological polar surface area (TPSA) is 156 Å². The number of rotatable bonds is 15. The second-order valence-corrected chi connectivity index (χ2v) is 11.7. The molecule has 0 saturated carbocycles. The minimum absolute atomic E-state index is 0.0581. The third kappa shape index (κ3) is 7.51. The highest BCUT2D eigenvalue weighted by atomic mass is 32.1. The molecular formula is C30H29NO9S2. The Morgan fingerprint density at radius 2 is 1.21 bits per heavy atom.